The Hall–Kier alpha value is -2.37. The van der Waals surface area contributed by atoms with Gasteiger partial charge in [-0.25, -0.2) is 4.79 Å². The molecule has 0 spiro atoms. The van der Waals surface area contributed by atoms with Gasteiger partial charge in [0.25, 0.3) is 5.91 Å². The summed E-state index contributed by atoms with van der Waals surface area (Å²) in [5.41, 5.74) is 0.798. The second-order valence-corrected chi connectivity index (χ2v) is 6.69. The first-order chi connectivity index (χ1) is 11.9. The fourth-order valence-corrected chi connectivity index (χ4v) is 3.04. The SMILES string of the molecule is CC(=O)Nc1cccc(C(=O)O[C@H](C)C(=O)N[C@@H]2CCCC[C@H]2C)c1. The Morgan fingerprint density at radius 3 is 2.60 bits per heavy atom. The highest BCUT2D eigenvalue weighted by Gasteiger charge is 2.26. The Morgan fingerprint density at radius 1 is 1.20 bits per heavy atom. The molecule has 0 aromatic heterocycles. The van der Waals surface area contributed by atoms with Crippen molar-refractivity contribution in [2.45, 2.75) is 58.6 Å². The highest BCUT2D eigenvalue weighted by atomic mass is 16.5. The number of ether oxygens (including phenoxy) is 1. The first kappa shape index (κ1) is 19.0. The topological polar surface area (TPSA) is 84.5 Å². The number of rotatable bonds is 5. The number of anilines is 1. The summed E-state index contributed by atoms with van der Waals surface area (Å²) in [5, 5.41) is 5.60. The Labute approximate surface area is 148 Å². The van der Waals surface area contributed by atoms with Crippen LogP contribution >= 0.6 is 0 Å². The molecule has 0 saturated heterocycles. The molecule has 136 valence electrons. The predicted octanol–water partition coefficient (Wildman–Crippen LogP) is 2.89. The summed E-state index contributed by atoms with van der Waals surface area (Å²) in [4.78, 5) is 35.6. The van der Waals surface area contributed by atoms with Crippen LogP contribution in [0.4, 0.5) is 5.69 Å². The summed E-state index contributed by atoms with van der Waals surface area (Å²) in [6.45, 7) is 5.09. The van der Waals surface area contributed by atoms with E-state index in [1.54, 1.807) is 25.1 Å². The Kier molecular flexibility index (Phi) is 6.56. The minimum absolute atomic E-state index is 0.144. The molecule has 2 N–H and O–H groups in total. The summed E-state index contributed by atoms with van der Waals surface area (Å²) < 4.78 is 5.27. The number of carbonyl (C=O) groups is 3. The van der Waals surface area contributed by atoms with Gasteiger partial charge in [0.2, 0.25) is 5.91 Å². The van der Waals surface area contributed by atoms with E-state index in [0.717, 1.165) is 19.3 Å². The summed E-state index contributed by atoms with van der Waals surface area (Å²) in [5.74, 6) is -0.647. The molecule has 0 aliphatic heterocycles. The monoisotopic (exact) mass is 346 g/mol. The molecule has 6 heteroatoms. The highest BCUT2D eigenvalue weighted by Crippen LogP contribution is 2.23. The first-order valence-corrected chi connectivity index (χ1v) is 8.76. The summed E-state index contributed by atoms with van der Waals surface area (Å²) >= 11 is 0. The number of benzene rings is 1. The van der Waals surface area contributed by atoms with E-state index >= 15 is 0 Å². The zero-order valence-electron chi connectivity index (χ0n) is 15.0. The maximum absolute atomic E-state index is 12.3. The molecular formula is C19H26N2O4. The quantitative estimate of drug-likeness (QED) is 0.803. The van der Waals surface area contributed by atoms with Gasteiger partial charge in [-0.05, 0) is 43.9 Å². The molecule has 1 aliphatic carbocycles. The van der Waals surface area contributed by atoms with Crippen LogP contribution in [0.25, 0.3) is 0 Å². The highest BCUT2D eigenvalue weighted by molar-refractivity contribution is 5.95. The van der Waals surface area contributed by atoms with Crippen LogP contribution in [0.3, 0.4) is 0 Å². The largest absolute Gasteiger partial charge is 0.449 e. The number of hydrogen-bond acceptors (Lipinski definition) is 4. The van der Waals surface area contributed by atoms with Crippen LogP contribution in [0.2, 0.25) is 0 Å². The lowest BCUT2D eigenvalue weighted by molar-refractivity contribution is -0.130. The molecule has 1 aromatic carbocycles. The van der Waals surface area contributed by atoms with Crippen LogP contribution in [0, 0.1) is 5.92 Å². The molecule has 1 aliphatic rings. The summed E-state index contributed by atoms with van der Waals surface area (Å²) in [6, 6.07) is 6.58. The van der Waals surface area contributed by atoms with E-state index in [1.807, 2.05) is 0 Å². The van der Waals surface area contributed by atoms with Crippen molar-refractivity contribution in [3.05, 3.63) is 29.8 Å². The second kappa shape index (κ2) is 8.65. The average molecular weight is 346 g/mol. The van der Waals surface area contributed by atoms with E-state index < -0.39 is 12.1 Å². The van der Waals surface area contributed by atoms with Crippen molar-refractivity contribution in [3.8, 4) is 0 Å². The van der Waals surface area contributed by atoms with Gasteiger partial charge >= 0.3 is 5.97 Å². The summed E-state index contributed by atoms with van der Waals surface area (Å²) in [6.07, 6.45) is 3.51. The van der Waals surface area contributed by atoms with Gasteiger partial charge in [-0.1, -0.05) is 25.8 Å². The molecule has 6 nitrogen and oxygen atoms in total. The van der Waals surface area contributed by atoms with Gasteiger partial charge in [0.15, 0.2) is 6.10 Å². The van der Waals surface area contributed by atoms with Crippen LogP contribution in [0.1, 0.15) is 56.8 Å². The third-order valence-corrected chi connectivity index (χ3v) is 4.51. The van der Waals surface area contributed by atoms with Crippen LogP contribution < -0.4 is 10.6 Å². The van der Waals surface area contributed by atoms with Crippen LogP contribution in [0.15, 0.2) is 24.3 Å². The second-order valence-electron chi connectivity index (χ2n) is 6.69. The molecule has 1 fully saturated rings. The van der Waals surface area contributed by atoms with Crippen molar-refractivity contribution in [1.82, 2.24) is 5.32 Å². The van der Waals surface area contributed by atoms with Gasteiger partial charge in [-0.2, -0.15) is 0 Å². The molecule has 2 amide bonds. The van der Waals surface area contributed by atoms with E-state index in [0.29, 0.717) is 11.6 Å². The van der Waals surface area contributed by atoms with Gasteiger partial charge in [-0.15, -0.1) is 0 Å². The van der Waals surface area contributed by atoms with Crippen molar-refractivity contribution in [2.24, 2.45) is 5.92 Å². The maximum Gasteiger partial charge on any atom is 0.338 e. The molecule has 3 atom stereocenters. The minimum Gasteiger partial charge on any atom is -0.449 e. The third-order valence-electron chi connectivity index (χ3n) is 4.51. The molecule has 0 bridgehead atoms. The lowest BCUT2D eigenvalue weighted by Crippen LogP contribution is -2.45. The average Bonchev–Trinajstić information content (AvgIpc) is 2.56. The van der Waals surface area contributed by atoms with Gasteiger partial charge in [0, 0.05) is 18.7 Å². The number of amides is 2. The van der Waals surface area contributed by atoms with Gasteiger partial charge < -0.3 is 15.4 Å². The van der Waals surface area contributed by atoms with Crippen molar-refractivity contribution in [3.63, 3.8) is 0 Å². The molecule has 0 heterocycles. The van der Waals surface area contributed by atoms with Gasteiger partial charge in [0.05, 0.1) is 5.56 Å². The zero-order chi connectivity index (χ0) is 18.4. The summed E-state index contributed by atoms with van der Waals surface area (Å²) in [7, 11) is 0. The van der Waals surface area contributed by atoms with Crippen LogP contribution in [0.5, 0.6) is 0 Å². The van der Waals surface area contributed by atoms with E-state index in [-0.39, 0.29) is 23.4 Å². The van der Waals surface area contributed by atoms with E-state index in [1.165, 1.54) is 19.4 Å². The molecule has 0 radical (unpaired) electrons. The fourth-order valence-electron chi connectivity index (χ4n) is 3.04. The van der Waals surface area contributed by atoms with Crippen LogP contribution in [-0.2, 0) is 14.3 Å². The molecule has 1 saturated carbocycles. The third kappa shape index (κ3) is 5.59. The van der Waals surface area contributed by atoms with Crippen molar-refractivity contribution in [2.75, 3.05) is 5.32 Å². The number of hydrogen-bond donors (Lipinski definition) is 2. The minimum atomic E-state index is -0.869. The van der Waals surface area contributed by atoms with E-state index in [9.17, 15) is 14.4 Å². The zero-order valence-corrected chi connectivity index (χ0v) is 15.0. The van der Waals surface area contributed by atoms with E-state index in [2.05, 4.69) is 17.6 Å². The van der Waals surface area contributed by atoms with Crippen LogP contribution in [-0.4, -0.2) is 29.9 Å². The van der Waals surface area contributed by atoms with E-state index in [4.69, 9.17) is 4.74 Å². The normalized spacial score (nSPS) is 21.1. The molecule has 2 rings (SSSR count). The fraction of sp³-hybridized carbons (Fsp3) is 0.526. The van der Waals surface area contributed by atoms with Crippen molar-refractivity contribution < 1.29 is 19.1 Å². The number of nitrogens with one attached hydrogen (secondary N) is 2. The Bertz CT molecular complexity index is 644. The van der Waals surface area contributed by atoms with Gasteiger partial charge in [0.1, 0.15) is 0 Å². The lowest BCUT2D eigenvalue weighted by Gasteiger charge is -2.30. The van der Waals surface area contributed by atoms with Crippen molar-refractivity contribution >= 4 is 23.5 Å². The maximum atomic E-state index is 12.3. The molecule has 0 unspecified atom stereocenters. The lowest BCUT2D eigenvalue weighted by atomic mass is 9.86. The molecule has 25 heavy (non-hydrogen) atoms. The molecule has 1 aromatic rings. The smallest absolute Gasteiger partial charge is 0.338 e. The Balaban J connectivity index is 1.92. The molecular weight excluding hydrogens is 320 g/mol. The first-order valence-electron chi connectivity index (χ1n) is 8.76. The Morgan fingerprint density at radius 2 is 1.92 bits per heavy atom. The van der Waals surface area contributed by atoms with Gasteiger partial charge in [-0.3, -0.25) is 9.59 Å². The predicted molar refractivity (Wildman–Crippen MR) is 95.2 cm³/mol. The standard InChI is InChI=1S/C19H26N2O4/c1-12-7-4-5-10-17(12)21-18(23)13(2)25-19(24)15-8-6-9-16(11-15)20-14(3)22/h6,8-9,11-13,17H,4-5,7,10H2,1-3H3,(H,20,22)(H,21,23)/t12-,13-,17-/m1/s1. The van der Waals surface area contributed by atoms with Crippen molar-refractivity contribution in [1.29, 1.82) is 0 Å². The number of carbonyl (C=O) groups excluding carboxylic acids is 3. The number of esters is 1.